The molecule has 0 aromatic rings. The highest BCUT2D eigenvalue weighted by atomic mass is 16.1. The Balaban J connectivity index is 3.10. The molecule has 0 atom stereocenters. The minimum atomic E-state index is 0.296. The van der Waals surface area contributed by atoms with Crippen LogP contribution in [0.25, 0.3) is 0 Å². The van der Waals surface area contributed by atoms with Crippen LogP contribution in [0.2, 0.25) is 0 Å². The lowest BCUT2D eigenvalue weighted by molar-refractivity contribution is -0.117. The predicted molar refractivity (Wildman–Crippen MR) is 53.1 cm³/mol. The third-order valence-corrected chi connectivity index (χ3v) is 1.62. The van der Waals surface area contributed by atoms with Gasteiger partial charge in [0.05, 0.1) is 0 Å². The number of carbonyl (C=O) groups is 1. The van der Waals surface area contributed by atoms with Gasteiger partial charge >= 0.3 is 0 Å². The molecule has 0 amide bonds. The van der Waals surface area contributed by atoms with E-state index in [1.54, 1.807) is 6.92 Å². The SMILES string of the molecule is C=CCC=CCCCCC(C)=O. The number of hydrogen-bond acceptors (Lipinski definition) is 1. The number of unbranched alkanes of at least 4 members (excludes halogenated alkanes) is 2. The average molecular weight is 166 g/mol. The van der Waals surface area contributed by atoms with Crippen molar-refractivity contribution in [3.8, 4) is 0 Å². The Hall–Kier alpha value is -0.850. The molecule has 0 bridgehead atoms. The Morgan fingerprint density at radius 3 is 2.67 bits per heavy atom. The van der Waals surface area contributed by atoms with Crippen molar-refractivity contribution < 1.29 is 4.79 Å². The maximum Gasteiger partial charge on any atom is 0.129 e. The zero-order valence-corrected chi connectivity index (χ0v) is 7.88. The highest BCUT2D eigenvalue weighted by molar-refractivity contribution is 5.75. The lowest BCUT2D eigenvalue weighted by Gasteiger charge is -1.93. The summed E-state index contributed by atoms with van der Waals surface area (Å²) in [6.07, 6.45) is 11.1. The van der Waals surface area contributed by atoms with Gasteiger partial charge in [-0.15, -0.1) is 6.58 Å². The van der Waals surface area contributed by atoms with Crippen molar-refractivity contribution in [2.75, 3.05) is 0 Å². The van der Waals surface area contributed by atoms with E-state index in [1.807, 2.05) is 6.08 Å². The van der Waals surface area contributed by atoms with Crippen LogP contribution in [0.3, 0.4) is 0 Å². The van der Waals surface area contributed by atoms with Crippen molar-refractivity contribution in [2.45, 2.75) is 39.0 Å². The van der Waals surface area contributed by atoms with Crippen molar-refractivity contribution in [1.29, 1.82) is 0 Å². The molecular formula is C11H18O. The van der Waals surface area contributed by atoms with E-state index in [0.717, 1.165) is 32.1 Å². The summed E-state index contributed by atoms with van der Waals surface area (Å²) in [5.41, 5.74) is 0. The van der Waals surface area contributed by atoms with Crippen LogP contribution in [0.1, 0.15) is 39.0 Å². The van der Waals surface area contributed by atoms with E-state index in [1.165, 1.54) is 0 Å². The maximum absolute atomic E-state index is 10.5. The second kappa shape index (κ2) is 8.25. The number of carbonyl (C=O) groups excluding carboxylic acids is 1. The summed E-state index contributed by atoms with van der Waals surface area (Å²) in [6, 6.07) is 0. The molecule has 0 fully saturated rings. The van der Waals surface area contributed by atoms with Gasteiger partial charge in [-0.25, -0.2) is 0 Å². The van der Waals surface area contributed by atoms with Gasteiger partial charge in [0.25, 0.3) is 0 Å². The molecule has 0 saturated carbocycles. The lowest BCUT2D eigenvalue weighted by atomic mass is 10.1. The fraction of sp³-hybridized carbons (Fsp3) is 0.545. The van der Waals surface area contributed by atoms with Crippen molar-refractivity contribution >= 4 is 5.78 Å². The normalized spacial score (nSPS) is 10.4. The van der Waals surface area contributed by atoms with E-state index in [4.69, 9.17) is 0 Å². The molecule has 0 aliphatic carbocycles. The Labute approximate surface area is 75.2 Å². The first kappa shape index (κ1) is 11.2. The summed E-state index contributed by atoms with van der Waals surface area (Å²) in [6.45, 7) is 5.27. The van der Waals surface area contributed by atoms with E-state index in [-0.39, 0.29) is 0 Å². The molecule has 0 aromatic heterocycles. The molecule has 0 spiro atoms. The van der Waals surface area contributed by atoms with Crippen molar-refractivity contribution in [2.24, 2.45) is 0 Å². The fourth-order valence-electron chi connectivity index (χ4n) is 0.946. The maximum atomic E-state index is 10.5. The van der Waals surface area contributed by atoms with Gasteiger partial charge < -0.3 is 4.79 Å². The second-order valence-electron chi connectivity index (χ2n) is 2.94. The zero-order valence-electron chi connectivity index (χ0n) is 7.88. The molecule has 0 N–H and O–H groups in total. The summed E-state index contributed by atoms with van der Waals surface area (Å²) in [4.78, 5) is 10.5. The van der Waals surface area contributed by atoms with E-state index >= 15 is 0 Å². The number of allylic oxidation sites excluding steroid dienone is 3. The minimum absolute atomic E-state index is 0.296. The van der Waals surface area contributed by atoms with E-state index in [9.17, 15) is 4.79 Å². The van der Waals surface area contributed by atoms with Crippen LogP contribution in [0.4, 0.5) is 0 Å². The standard InChI is InChI=1S/C11H18O/c1-3-4-5-6-7-8-9-10-11(2)12/h3,5-6H,1,4,7-10H2,2H3. The van der Waals surface area contributed by atoms with Crippen molar-refractivity contribution in [3.05, 3.63) is 24.8 Å². The molecule has 0 heterocycles. The van der Waals surface area contributed by atoms with E-state index < -0.39 is 0 Å². The number of Topliss-reactive ketones (excluding diaryl/α,β-unsaturated/α-hetero) is 1. The third kappa shape index (κ3) is 9.15. The smallest absolute Gasteiger partial charge is 0.129 e. The largest absolute Gasteiger partial charge is 0.300 e. The highest BCUT2D eigenvalue weighted by Gasteiger charge is 1.90. The molecule has 0 saturated heterocycles. The lowest BCUT2D eigenvalue weighted by Crippen LogP contribution is -1.88. The first-order valence-electron chi connectivity index (χ1n) is 4.52. The minimum Gasteiger partial charge on any atom is -0.300 e. The number of rotatable bonds is 7. The fourth-order valence-corrected chi connectivity index (χ4v) is 0.946. The molecule has 1 heteroatoms. The summed E-state index contributed by atoms with van der Waals surface area (Å²) in [5.74, 6) is 0.296. The third-order valence-electron chi connectivity index (χ3n) is 1.62. The average Bonchev–Trinajstić information content (AvgIpc) is 2.02. The molecule has 0 rings (SSSR count). The van der Waals surface area contributed by atoms with Gasteiger partial charge in [0.2, 0.25) is 0 Å². The van der Waals surface area contributed by atoms with Crippen LogP contribution in [0, 0.1) is 0 Å². The zero-order chi connectivity index (χ0) is 9.23. The van der Waals surface area contributed by atoms with E-state index in [2.05, 4.69) is 18.7 Å². The van der Waals surface area contributed by atoms with Crippen molar-refractivity contribution in [1.82, 2.24) is 0 Å². The van der Waals surface area contributed by atoms with Gasteiger partial charge in [0, 0.05) is 6.42 Å². The molecule has 0 unspecified atom stereocenters. The number of hydrogen-bond donors (Lipinski definition) is 0. The molecule has 1 nitrogen and oxygen atoms in total. The Bertz CT molecular complexity index is 156. The molecule has 68 valence electrons. The Morgan fingerprint density at radius 1 is 1.33 bits per heavy atom. The van der Waals surface area contributed by atoms with Gasteiger partial charge in [-0.1, -0.05) is 18.2 Å². The monoisotopic (exact) mass is 166 g/mol. The van der Waals surface area contributed by atoms with Crippen molar-refractivity contribution in [3.63, 3.8) is 0 Å². The quantitative estimate of drug-likeness (QED) is 0.419. The first-order chi connectivity index (χ1) is 5.77. The highest BCUT2D eigenvalue weighted by Crippen LogP contribution is 2.01. The Kier molecular flexibility index (Phi) is 7.66. The van der Waals surface area contributed by atoms with Crippen LogP contribution in [-0.4, -0.2) is 5.78 Å². The van der Waals surface area contributed by atoms with Crippen LogP contribution < -0.4 is 0 Å². The number of ketones is 1. The van der Waals surface area contributed by atoms with Gasteiger partial charge in [-0.05, 0) is 32.6 Å². The molecular weight excluding hydrogens is 148 g/mol. The molecule has 0 aromatic carbocycles. The Morgan fingerprint density at radius 2 is 2.08 bits per heavy atom. The molecule has 12 heavy (non-hydrogen) atoms. The van der Waals surface area contributed by atoms with Crippen LogP contribution in [0.5, 0.6) is 0 Å². The van der Waals surface area contributed by atoms with Gasteiger partial charge in [0.15, 0.2) is 0 Å². The van der Waals surface area contributed by atoms with E-state index in [0.29, 0.717) is 5.78 Å². The summed E-state index contributed by atoms with van der Waals surface area (Å²) in [7, 11) is 0. The van der Waals surface area contributed by atoms with Crippen LogP contribution >= 0.6 is 0 Å². The predicted octanol–water partition coefficient (Wildman–Crippen LogP) is 3.27. The van der Waals surface area contributed by atoms with Crippen LogP contribution in [-0.2, 0) is 4.79 Å². The van der Waals surface area contributed by atoms with Gasteiger partial charge in [0.1, 0.15) is 5.78 Å². The van der Waals surface area contributed by atoms with Gasteiger partial charge in [-0.3, -0.25) is 0 Å². The first-order valence-corrected chi connectivity index (χ1v) is 4.52. The summed E-state index contributed by atoms with van der Waals surface area (Å²) in [5, 5.41) is 0. The summed E-state index contributed by atoms with van der Waals surface area (Å²) >= 11 is 0. The molecule has 0 radical (unpaired) electrons. The topological polar surface area (TPSA) is 17.1 Å². The molecule has 0 aliphatic rings. The second-order valence-corrected chi connectivity index (χ2v) is 2.94. The van der Waals surface area contributed by atoms with Crippen LogP contribution in [0.15, 0.2) is 24.8 Å². The summed E-state index contributed by atoms with van der Waals surface area (Å²) < 4.78 is 0. The van der Waals surface area contributed by atoms with Gasteiger partial charge in [-0.2, -0.15) is 0 Å². The molecule has 0 aliphatic heterocycles.